The number of rotatable bonds is 8. The first-order chi connectivity index (χ1) is 9.58. The van der Waals surface area contributed by atoms with E-state index in [4.69, 9.17) is 4.74 Å². The molecule has 1 aromatic rings. The van der Waals surface area contributed by atoms with Gasteiger partial charge in [-0.2, -0.15) is 0 Å². The molecule has 1 aromatic carbocycles. The van der Waals surface area contributed by atoms with Crippen molar-refractivity contribution in [3.63, 3.8) is 0 Å². The second-order valence-electron chi connectivity index (χ2n) is 4.90. The Morgan fingerprint density at radius 3 is 2.40 bits per heavy atom. The number of ether oxygens (including phenoxy) is 1. The second kappa shape index (κ2) is 8.59. The van der Waals surface area contributed by atoms with Crippen molar-refractivity contribution in [2.24, 2.45) is 0 Å². The smallest absolute Gasteiger partial charge is 0.260 e. The van der Waals surface area contributed by atoms with Gasteiger partial charge in [0.25, 0.3) is 5.91 Å². The summed E-state index contributed by atoms with van der Waals surface area (Å²) in [4.78, 5) is 11.7. The number of hydrogen-bond donors (Lipinski definition) is 2. The average molecular weight is 278 g/mol. The molecule has 2 N–H and O–H groups in total. The first kappa shape index (κ1) is 16.5. The minimum atomic E-state index is -0.474. The quantitative estimate of drug-likeness (QED) is 0.768. The highest BCUT2D eigenvalue weighted by Gasteiger charge is 2.13. The van der Waals surface area contributed by atoms with Crippen LogP contribution < -0.4 is 15.4 Å². The van der Waals surface area contributed by atoms with E-state index in [2.05, 4.69) is 24.5 Å². The maximum atomic E-state index is 11.7. The van der Waals surface area contributed by atoms with Crippen molar-refractivity contribution in [3.05, 3.63) is 29.8 Å². The topological polar surface area (TPSA) is 50.4 Å². The zero-order valence-electron chi connectivity index (χ0n) is 12.9. The molecule has 0 aliphatic carbocycles. The van der Waals surface area contributed by atoms with E-state index >= 15 is 0 Å². The van der Waals surface area contributed by atoms with Crippen LogP contribution in [-0.4, -0.2) is 25.1 Å². The van der Waals surface area contributed by atoms with Gasteiger partial charge in [0.2, 0.25) is 0 Å². The summed E-state index contributed by atoms with van der Waals surface area (Å²) in [5.74, 6) is 0.647. The van der Waals surface area contributed by atoms with Gasteiger partial charge < -0.3 is 15.4 Å². The summed E-state index contributed by atoms with van der Waals surface area (Å²) >= 11 is 0. The summed E-state index contributed by atoms with van der Waals surface area (Å²) in [5.41, 5.74) is 1.21. The molecule has 0 spiro atoms. The fourth-order valence-electron chi connectivity index (χ4n) is 1.91. The van der Waals surface area contributed by atoms with Gasteiger partial charge in [-0.25, -0.2) is 0 Å². The Kier molecular flexibility index (Phi) is 7.09. The van der Waals surface area contributed by atoms with Crippen molar-refractivity contribution < 1.29 is 9.53 Å². The Labute approximate surface area is 121 Å². The van der Waals surface area contributed by atoms with Crippen LogP contribution in [0.5, 0.6) is 5.75 Å². The molecule has 112 valence electrons. The van der Waals surface area contributed by atoms with Crippen molar-refractivity contribution in [3.8, 4) is 5.75 Å². The lowest BCUT2D eigenvalue weighted by Gasteiger charge is -2.16. The molecule has 0 bridgehead atoms. The Morgan fingerprint density at radius 2 is 1.85 bits per heavy atom. The van der Waals surface area contributed by atoms with E-state index in [-0.39, 0.29) is 5.91 Å². The van der Waals surface area contributed by atoms with Crippen LogP contribution in [0.2, 0.25) is 0 Å². The Hall–Kier alpha value is -1.55. The number of benzene rings is 1. The van der Waals surface area contributed by atoms with E-state index in [1.54, 1.807) is 6.92 Å². The lowest BCUT2D eigenvalue weighted by Crippen LogP contribution is -2.36. The van der Waals surface area contributed by atoms with E-state index in [9.17, 15) is 4.79 Å². The number of amides is 1. The Morgan fingerprint density at radius 1 is 1.20 bits per heavy atom. The summed E-state index contributed by atoms with van der Waals surface area (Å²) in [6.45, 7) is 9.63. The van der Waals surface area contributed by atoms with Crippen molar-refractivity contribution in [2.75, 3.05) is 13.1 Å². The zero-order valence-corrected chi connectivity index (χ0v) is 12.9. The third kappa shape index (κ3) is 5.21. The molecule has 0 heterocycles. The number of carbonyl (C=O) groups is 1. The predicted molar refractivity (Wildman–Crippen MR) is 81.9 cm³/mol. The SMILES string of the molecule is CCCNC(=O)C(C)Oc1ccc(C(C)NCC)cc1. The normalized spacial score (nSPS) is 13.6. The van der Waals surface area contributed by atoms with Crippen LogP contribution in [0, 0.1) is 0 Å². The maximum Gasteiger partial charge on any atom is 0.260 e. The summed E-state index contributed by atoms with van der Waals surface area (Å²) < 4.78 is 5.64. The summed E-state index contributed by atoms with van der Waals surface area (Å²) in [6.07, 6.45) is 0.453. The second-order valence-corrected chi connectivity index (χ2v) is 4.90. The van der Waals surface area contributed by atoms with E-state index < -0.39 is 6.10 Å². The van der Waals surface area contributed by atoms with Gasteiger partial charge in [0.15, 0.2) is 6.10 Å². The minimum Gasteiger partial charge on any atom is -0.481 e. The van der Waals surface area contributed by atoms with Crippen LogP contribution in [0.25, 0.3) is 0 Å². The van der Waals surface area contributed by atoms with Gasteiger partial charge in [0, 0.05) is 12.6 Å². The first-order valence-corrected chi connectivity index (χ1v) is 7.36. The molecule has 20 heavy (non-hydrogen) atoms. The van der Waals surface area contributed by atoms with Crippen LogP contribution >= 0.6 is 0 Å². The highest BCUT2D eigenvalue weighted by Crippen LogP contribution is 2.18. The third-order valence-electron chi connectivity index (χ3n) is 3.12. The summed E-state index contributed by atoms with van der Waals surface area (Å²) in [7, 11) is 0. The molecule has 0 saturated heterocycles. The lowest BCUT2D eigenvalue weighted by atomic mass is 10.1. The lowest BCUT2D eigenvalue weighted by molar-refractivity contribution is -0.127. The monoisotopic (exact) mass is 278 g/mol. The maximum absolute atomic E-state index is 11.7. The molecule has 4 nitrogen and oxygen atoms in total. The molecule has 0 fully saturated rings. The van der Waals surface area contributed by atoms with Gasteiger partial charge in [-0.05, 0) is 44.5 Å². The molecular formula is C16H26N2O2. The molecule has 2 unspecified atom stereocenters. The van der Waals surface area contributed by atoms with Gasteiger partial charge >= 0.3 is 0 Å². The van der Waals surface area contributed by atoms with Crippen molar-refractivity contribution in [2.45, 2.75) is 46.3 Å². The van der Waals surface area contributed by atoms with Crippen LogP contribution in [0.3, 0.4) is 0 Å². The van der Waals surface area contributed by atoms with Crippen molar-refractivity contribution in [1.29, 1.82) is 0 Å². The van der Waals surface area contributed by atoms with Gasteiger partial charge in [0.05, 0.1) is 0 Å². The highest BCUT2D eigenvalue weighted by molar-refractivity contribution is 5.80. The first-order valence-electron chi connectivity index (χ1n) is 7.36. The molecule has 0 aliphatic rings. The molecule has 0 radical (unpaired) electrons. The molecule has 0 aromatic heterocycles. The fourth-order valence-corrected chi connectivity index (χ4v) is 1.91. The number of hydrogen-bond acceptors (Lipinski definition) is 3. The predicted octanol–water partition coefficient (Wildman–Crippen LogP) is 2.65. The van der Waals surface area contributed by atoms with Gasteiger partial charge in [0.1, 0.15) is 5.75 Å². The van der Waals surface area contributed by atoms with Crippen molar-refractivity contribution >= 4 is 5.91 Å². The van der Waals surface area contributed by atoms with Gasteiger partial charge in [-0.15, -0.1) is 0 Å². The number of nitrogens with one attached hydrogen (secondary N) is 2. The van der Waals surface area contributed by atoms with E-state index in [0.29, 0.717) is 12.6 Å². The molecule has 1 rings (SSSR count). The summed E-state index contributed by atoms with van der Waals surface area (Å²) in [5, 5.41) is 6.18. The highest BCUT2D eigenvalue weighted by atomic mass is 16.5. The molecule has 2 atom stereocenters. The number of carbonyl (C=O) groups excluding carboxylic acids is 1. The Bertz CT molecular complexity index is 403. The molecule has 0 aliphatic heterocycles. The summed E-state index contributed by atoms with van der Waals surface area (Å²) in [6, 6.07) is 8.19. The van der Waals surface area contributed by atoms with E-state index in [1.165, 1.54) is 5.56 Å². The van der Waals surface area contributed by atoms with Crippen LogP contribution in [0.4, 0.5) is 0 Å². The zero-order chi connectivity index (χ0) is 15.0. The van der Waals surface area contributed by atoms with Crippen molar-refractivity contribution in [1.82, 2.24) is 10.6 Å². The van der Waals surface area contributed by atoms with Crippen LogP contribution in [0.15, 0.2) is 24.3 Å². The van der Waals surface area contributed by atoms with Crippen LogP contribution in [-0.2, 0) is 4.79 Å². The Balaban J connectivity index is 2.54. The molecular weight excluding hydrogens is 252 g/mol. The molecule has 0 saturated carbocycles. The average Bonchev–Trinajstić information content (AvgIpc) is 2.45. The van der Waals surface area contributed by atoms with Gasteiger partial charge in [-0.3, -0.25) is 4.79 Å². The van der Waals surface area contributed by atoms with Gasteiger partial charge in [-0.1, -0.05) is 26.0 Å². The van der Waals surface area contributed by atoms with Crippen LogP contribution in [0.1, 0.15) is 45.7 Å². The third-order valence-corrected chi connectivity index (χ3v) is 3.12. The largest absolute Gasteiger partial charge is 0.481 e. The molecule has 1 amide bonds. The van der Waals surface area contributed by atoms with E-state index in [1.807, 2.05) is 31.2 Å². The fraction of sp³-hybridized carbons (Fsp3) is 0.562. The molecule has 4 heteroatoms. The standard InChI is InChI=1S/C16H26N2O2/c1-5-11-18-16(19)13(4)20-15-9-7-14(8-10-15)12(3)17-6-2/h7-10,12-13,17H,5-6,11H2,1-4H3,(H,18,19). The minimum absolute atomic E-state index is 0.0723. The van der Waals surface area contributed by atoms with E-state index in [0.717, 1.165) is 18.7 Å².